The first-order valence-corrected chi connectivity index (χ1v) is 14.5. The minimum Gasteiger partial charge on any atom is -0.382 e. The van der Waals surface area contributed by atoms with E-state index in [1.165, 1.54) is 23.1 Å². The number of fused-ring (bicyclic) bond motifs is 3. The third-order valence-corrected chi connectivity index (χ3v) is 8.85. The van der Waals surface area contributed by atoms with Crippen molar-refractivity contribution in [3.05, 3.63) is 48.1 Å². The van der Waals surface area contributed by atoms with Crippen LogP contribution in [0.1, 0.15) is 59.7 Å². The van der Waals surface area contributed by atoms with Gasteiger partial charge < -0.3 is 15.7 Å². The molecule has 2 fully saturated rings. The number of nitrogen functional groups attached to an aromatic ring is 1. The van der Waals surface area contributed by atoms with Gasteiger partial charge in [0.05, 0.1) is 17.6 Å². The standard InChI is InChI=1S/C24H24F3N9O4S/c1-41(39,40)18-17(12-6-13-3-4-14(7-12)35(13)23(38)21-30-10-31-34-21)33-22-15(9-32-36(22)20(18)28)11-2-5-16(29-8-11)19(37)24(25,26)27/h2,5,8-10,12-14,19,37H,3-4,6-7,28H2,1H3,(H,30,31,34). The number of piperidine rings is 1. The molecule has 3 unspecified atom stereocenters. The summed E-state index contributed by atoms with van der Waals surface area (Å²) in [7, 11) is -3.87. The summed E-state index contributed by atoms with van der Waals surface area (Å²) < 4.78 is 65.8. The van der Waals surface area contributed by atoms with Crippen LogP contribution in [0, 0.1) is 0 Å². The number of amides is 1. The van der Waals surface area contributed by atoms with Gasteiger partial charge in [-0.05, 0) is 31.7 Å². The average Bonchev–Trinajstić information content (AvgIpc) is 3.65. The normalized spacial score (nSPS) is 21.9. The Morgan fingerprint density at radius 3 is 2.44 bits per heavy atom. The highest BCUT2D eigenvalue weighted by Gasteiger charge is 2.46. The minimum atomic E-state index is -4.87. The monoisotopic (exact) mass is 591 g/mol. The molecule has 6 rings (SSSR count). The van der Waals surface area contributed by atoms with Crippen LogP contribution in [0.15, 0.2) is 35.7 Å². The van der Waals surface area contributed by atoms with Crippen molar-refractivity contribution in [1.82, 2.24) is 39.7 Å². The van der Waals surface area contributed by atoms with Crippen molar-refractivity contribution < 1.29 is 31.5 Å². The Kier molecular flexibility index (Phi) is 6.25. The second-order valence-corrected chi connectivity index (χ2v) is 12.2. The number of aliphatic hydroxyl groups excluding tert-OH is 1. The average molecular weight is 592 g/mol. The van der Waals surface area contributed by atoms with Gasteiger partial charge in [-0.15, -0.1) is 0 Å². The molecule has 4 N–H and O–H groups in total. The fourth-order valence-corrected chi connectivity index (χ4v) is 6.99. The molecular weight excluding hydrogens is 567 g/mol. The highest BCUT2D eigenvalue weighted by Crippen LogP contribution is 2.45. The number of hydrogen-bond acceptors (Lipinski definition) is 10. The van der Waals surface area contributed by atoms with Crippen molar-refractivity contribution in [3.8, 4) is 11.1 Å². The fourth-order valence-electron chi connectivity index (χ4n) is 5.94. The maximum absolute atomic E-state index is 13.1. The lowest BCUT2D eigenvalue weighted by Gasteiger charge is -2.38. The number of aromatic nitrogens is 7. The van der Waals surface area contributed by atoms with Crippen molar-refractivity contribution in [3.63, 3.8) is 0 Å². The van der Waals surface area contributed by atoms with Crippen LogP contribution in [0.2, 0.25) is 0 Å². The predicted molar refractivity (Wildman–Crippen MR) is 136 cm³/mol. The van der Waals surface area contributed by atoms with E-state index in [4.69, 9.17) is 10.7 Å². The van der Waals surface area contributed by atoms with Gasteiger partial charge in [-0.1, -0.05) is 6.07 Å². The van der Waals surface area contributed by atoms with Crippen molar-refractivity contribution in [2.45, 2.75) is 60.9 Å². The van der Waals surface area contributed by atoms with Crippen LogP contribution < -0.4 is 5.73 Å². The number of sulfone groups is 1. The lowest BCUT2D eigenvalue weighted by Crippen LogP contribution is -2.46. The number of H-pyrrole nitrogens is 1. The first kappa shape index (κ1) is 27.1. The summed E-state index contributed by atoms with van der Waals surface area (Å²) in [5.74, 6) is -0.645. The molecule has 2 aliphatic heterocycles. The van der Waals surface area contributed by atoms with E-state index in [0.29, 0.717) is 24.0 Å². The number of carbonyl (C=O) groups is 1. The molecule has 4 aromatic rings. The predicted octanol–water partition coefficient (Wildman–Crippen LogP) is 2.04. The Labute approximate surface area is 230 Å². The van der Waals surface area contributed by atoms with E-state index >= 15 is 0 Å². The third-order valence-electron chi connectivity index (χ3n) is 7.69. The Morgan fingerprint density at radius 2 is 1.88 bits per heavy atom. The molecule has 216 valence electrons. The number of nitrogens with zero attached hydrogens (tertiary/aromatic N) is 7. The molecule has 0 spiro atoms. The van der Waals surface area contributed by atoms with Gasteiger partial charge in [0.1, 0.15) is 17.0 Å². The summed E-state index contributed by atoms with van der Waals surface area (Å²) in [6, 6.07) is 2.03. The Balaban J connectivity index is 1.40. The van der Waals surface area contributed by atoms with Crippen LogP contribution in [0.5, 0.6) is 0 Å². The quantitative estimate of drug-likeness (QED) is 0.310. The van der Waals surface area contributed by atoms with E-state index in [2.05, 4.69) is 25.3 Å². The largest absolute Gasteiger partial charge is 0.420 e. The number of rotatable bonds is 5. The summed E-state index contributed by atoms with van der Waals surface area (Å²) in [5, 5.41) is 20.0. The zero-order chi connectivity index (χ0) is 29.3. The molecule has 6 heterocycles. The van der Waals surface area contributed by atoms with Gasteiger partial charge in [-0.25, -0.2) is 18.4 Å². The second kappa shape index (κ2) is 9.47. The lowest BCUT2D eigenvalue weighted by atomic mass is 9.87. The number of anilines is 1. The number of alkyl halides is 3. The highest BCUT2D eigenvalue weighted by atomic mass is 32.2. The molecule has 0 radical (unpaired) electrons. The van der Waals surface area contributed by atoms with Crippen LogP contribution in [0.4, 0.5) is 19.0 Å². The Hall–Kier alpha value is -4.12. The SMILES string of the molecule is CS(=O)(=O)c1c(C2CC3CCC(C2)N3C(=O)c2ncn[nH]2)nc2c(-c3ccc(C(O)C(F)(F)F)nc3)cnn2c1N. The van der Waals surface area contributed by atoms with Crippen LogP contribution in [0.3, 0.4) is 0 Å². The van der Waals surface area contributed by atoms with E-state index in [1.807, 2.05) is 0 Å². The van der Waals surface area contributed by atoms with E-state index in [0.717, 1.165) is 31.4 Å². The van der Waals surface area contributed by atoms with Crippen molar-refractivity contribution in [2.75, 3.05) is 12.0 Å². The molecular formula is C24H24F3N9O4S. The summed E-state index contributed by atoms with van der Waals surface area (Å²) in [4.78, 5) is 27.1. The zero-order valence-electron chi connectivity index (χ0n) is 21.4. The Bertz CT molecular complexity index is 1730. The van der Waals surface area contributed by atoms with Crippen LogP contribution in [-0.4, -0.2) is 83.6 Å². The number of hydrogen-bond donors (Lipinski definition) is 3. The molecule has 2 bridgehead atoms. The molecule has 3 atom stereocenters. The van der Waals surface area contributed by atoms with Gasteiger partial charge in [-0.2, -0.15) is 27.9 Å². The van der Waals surface area contributed by atoms with Crippen LogP contribution >= 0.6 is 0 Å². The number of halogens is 3. The molecule has 1 amide bonds. The maximum Gasteiger partial charge on any atom is 0.420 e. The van der Waals surface area contributed by atoms with Crippen molar-refractivity contribution >= 4 is 27.2 Å². The number of carbonyl (C=O) groups excluding carboxylic acids is 1. The van der Waals surface area contributed by atoms with E-state index < -0.39 is 27.8 Å². The topological polar surface area (TPSA) is 185 Å². The van der Waals surface area contributed by atoms with E-state index in [9.17, 15) is 31.5 Å². The van der Waals surface area contributed by atoms with Gasteiger partial charge in [0.2, 0.25) is 5.82 Å². The first-order chi connectivity index (χ1) is 19.3. The number of aromatic amines is 1. The molecule has 41 heavy (non-hydrogen) atoms. The number of nitrogens with one attached hydrogen (secondary N) is 1. The molecule has 13 nitrogen and oxygen atoms in total. The second-order valence-electron chi connectivity index (χ2n) is 10.3. The molecule has 0 saturated carbocycles. The van der Waals surface area contributed by atoms with Gasteiger partial charge in [-0.3, -0.25) is 14.9 Å². The smallest absolute Gasteiger partial charge is 0.382 e. The molecule has 0 aliphatic carbocycles. The molecule has 0 aromatic carbocycles. The zero-order valence-corrected chi connectivity index (χ0v) is 22.3. The lowest BCUT2D eigenvalue weighted by molar-refractivity contribution is -0.207. The Morgan fingerprint density at radius 1 is 1.17 bits per heavy atom. The van der Waals surface area contributed by atoms with E-state index in [-0.39, 0.29) is 51.8 Å². The molecule has 2 aliphatic rings. The van der Waals surface area contributed by atoms with Crippen molar-refractivity contribution in [2.24, 2.45) is 0 Å². The highest BCUT2D eigenvalue weighted by molar-refractivity contribution is 7.91. The maximum atomic E-state index is 13.1. The molecule has 2 saturated heterocycles. The van der Waals surface area contributed by atoms with E-state index in [1.54, 1.807) is 4.90 Å². The minimum absolute atomic E-state index is 0.132. The number of aliphatic hydroxyl groups is 1. The molecule has 4 aromatic heterocycles. The van der Waals surface area contributed by atoms with Gasteiger partial charge in [0.25, 0.3) is 5.91 Å². The van der Waals surface area contributed by atoms with Crippen LogP contribution in [-0.2, 0) is 9.84 Å². The molecule has 17 heteroatoms. The van der Waals surface area contributed by atoms with Crippen molar-refractivity contribution in [1.29, 1.82) is 0 Å². The number of pyridine rings is 1. The summed E-state index contributed by atoms with van der Waals surface area (Å²) in [6.45, 7) is 0. The van der Waals surface area contributed by atoms with Gasteiger partial charge in [0, 0.05) is 41.6 Å². The first-order valence-electron chi connectivity index (χ1n) is 12.6. The summed E-state index contributed by atoms with van der Waals surface area (Å²) >= 11 is 0. The van der Waals surface area contributed by atoms with Crippen LogP contribution in [0.25, 0.3) is 16.8 Å². The third kappa shape index (κ3) is 4.57. The van der Waals surface area contributed by atoms with Gasteiger partial charge >= 0.3 is 6.18 Å². The summed E-state index contributed by atoms with van der Waals surface area (Å²) in [6.07, 6.45) is -0.466. The number of nitrogens with two attached hydrogens (primary N) is 1. The summed E-state index contributed by atoms with van der Waals surface area (Å²) in [5.41, 5.74) is 6.94. The fraction of sp³-hybridized carbons (Fsp3) is 0.417. The van der Waals surface area contributed by atoms with Gasteiger partial charge in [0.15, 0.2) is 21.6 Å².